The summed E-state index contributed by atoms with van der Waals surface area (Å²) in [6, 6.07) is 12.8. The number of benzene rings is 1. The van der Waals surface area contributed by atoms with Crippen LogP contribution in [0.3, 0.4) is 0 Å². The Morgan fingerprint density at radius 3 is 2.92 bits per heavy atom. The lowest BCUT2D eigenvalue weighted by Gasteiger charge is -2.20. The van der Waals surface area contributed by atoms with Crippen molar-refractivity contribution in [1.82, 2.24) is 15.6 Å². The van der Waals surface area contributed by atoms with Gasteiger partial charge in [0.15, 0.2) is 5.76 Å². The Morgan fingerprint density at radius 2 is 2.15 bits per heavy atom. The smallest absolute Gasteiger partial charge is 0.287 e. The maximum atomic E-state index is 12.5. The Balaban J connectivity index is 1.34. The van der Waals surface area contributed by atoms with Gasteiger partial charge in [-0.25, -0.2) is 4.98 Å². The number of aromatic nitrogens is 1. The third-order valence-electron chi connectivity index (χ3n) is 5.27. The normalized spacial score (nSPS) is 24.1. The number of fused-ring (bicyclic) bond motifs is 2. The maximum absolute atomic E-state index is 12.5. The van der Waals surface area contributed by atoms with E-state index in [0.717, 1.165) is 29.0 Å². The third kappa shape index (κ3) is 2.85. The first-order valence-corrected chi connectivity index (χ1v) is 9.81. The number of thiazole rings is 1. The fourth-order valence-corrected chi connectivity index (χ4v) is 4.65. The summed E-state index contributed by atoms with van der Waals surface area (Å²) in [6.45, 7) is 0. The van der Waals surface area contributed by atoms with Gasteiger partial charge >= 0.3 is 0 Å². The molecule has 3 atom stereocenters. The molecule has 2 aromatic heterocycles. The summed E-state index contributed by atoms with van der Waals surface area (Å²) in [7, 11) is 0. The van der Waals surface area contributed by atoms with Crippen molar-refractivity contribution in [3.05, 3.63) is 53.7 Å². The fraction of sp³-hybridized carbons (Fsp3) is 0.300. The zero-order valence-corrected chi connectivity index (χ0v) is 15.0. The SMILES string of the molecule is O=C(N[C@@H]1C[C@H]2CC[C@@H]1N2)c1ccc(-c2cccc(-c3nccs3)c2)o1. The predicted octanol–water partition coefficient (Wildman–Crippen LogP) is 3.69. The van der Waals surface area contributed by atoms with Gasteiger partial charge in [0.2, 0.25) is 0 Å². The van der Waals surface area contributed by atoms with E-state index < -0.39 is 0 Å². The predicted molar refractivity (Wildman–Crippen MR) is 101 cm³/mol. The van der Waals surface area contributed by atoms with Crippen molar-refractivity contribution in [3.8, 4) is 21.9 Å². The van der Waals surface area contributed by atoms with Crippen LogP contribution in [0.5, 0.6) is 0 Å². The topological polar surface area (TPSA) is 67.2 Å². The largest absolute Gasteiger partial charge is 0.451 e. The zero-order chi connectivity index (χ0) is 17.5. The van der Waals surface area contributed by atoms with Gasteiger partial charge < -0.3 is 15.1 Å². The number of amides is 1. The molecular formula is C20H19N3O2S. The highest BCUT2D eigenvalue weighted by atomic mass is 32.1. The monoisotopic (exact) mass is 365 g/mol. The lowest BCUT2D eigenvalue weighted by Crippen LogP contribution is -2.42. The van der Waals surface area contributed by atoms with E-state index in [-0.39, 0.29) is 11.9 Å². The molecule has 5 rings (SSSR count). The molecule has 2 aliphatic heterocycles. The highest BCUT2D eigenvalue weighted by Gasteiger charge is 2.39. The van der Waals surface area contributed by atoms with Gasteiger partial charge in [0.25, 0.3) is 5.91 Å². The molecule has 0 spiro atoms. The Labute approximate surface area is 155 Å². The first kappa shape index (κ1) is 15.8. The summed E-state index contributed by atoms with van der Waals surface area (Å²) >= 11 is 1.60. The van der Waals surface area contributed by atoms with Crippen LogP contribution in [0.15, 0.2) is 52.4 Å². The first-order chi connectivity index (χ1) is 12.8. The number of carbonyl (C=O) groups is 1. The van der Waals surface area contributed by atoms with E-state index in [2.05, 4.69) is 15.6 Å². The van der Waals surface area contributed by atoms with Crippen LogP contribution in [0.25, 0.3) is 21.9 Å². The minimum atomic E-state index is -0.133. The molecule has 2 bridgehead atoms. The van der Waals surface area contributed by atoms with Crippen molar-refractivity contribution >= 4 is 17.2 Å². The summed E-state index contributed by atoms with van der Waals surface area (Å²) < 4.78 is 5.84. The molecule has 0 aliphatic carbocycles. The molecule has 1 amide bonds. The summed E-state index contributed by atoms with van der Waals surface area (Å²) in [4.78, 5) is 16.9. The molecule has 0 saturated carbocycles. The lowest BCUT2D eigenvalue weighted by molar-refractivity contribution is 0.0903. The van der Waals surface area contributed by atoms with Crippen molar-refractivity contribution in [2.24, 2.45) is 0 Å². The van der Waals surface area contributed by atoms with Crippen LogP contribution < -0.4 is 10.6 Å². The summed E-state index contributed by atoms with van der Waals surface area (Å²) in [5.41, 5.74) is 1.99. The Morgan fingerprint density at radius 1 is 1.23 bits per heavy atom. The standard InChI is InChI=1S/C20H19N3O2S/c24-19(23-16-11-14-4-5-15(16)22-14)18-7-6-17(25-18)12-2-1-3-13(10-12)20-21-8-9-26-20/h1-3,6-10,14-16,22H,4-5,11H2,(H,23,24)/t14-,15+,16-/m1/s1. The van der Waals surface area contributed by atoms with Crippen molar-refractivity contribution in [2.75, 3.05) is 0 Å². The number of furan rings is 1. The number of hydrogen-bond acceptors (Lipinski definition) is 5. The Kier molecular flexibility index (Phi) is 3.87. The van der Waals surface area contributed by atoms with E-state index in [1.807, 2.05) is 35.7 Å². The van der Waals surface area contributed by atoms with Crippen LogP contribution in [0.1, 0.15) is 29.8 Å². The quantitative estimate of drug-likeness (QED) is 0.740. The average Bonchev–Trinajstić information content (AvgIpc) is 3.46. The van der Waals surface area contributed by atoms with Crippen LogP contribution in [-0.4, -0.2) is 29.0 Å². The van der Waals surface area contributed by atoms with Gasteiger partial charge in [0.05, 0.1) is 0 Å². The van der Waals surface area contributed by atoms with Crippen LogP contribution in [0.4, 0.5) is 0 Å². The molecule has 0 unspecified atom stereocenters. The van der Waals surface area contributed by atoms with E-state index in [0.29, 0.717) is 23.6 Å². The van der Waals surface area contributed by atoms with Crippen LogP contribution >= 0.6 is 11.3 Å². The fourth-order valence-electron chi connectivity index (χ4n) is 4.01. The highest BCUT2D eigenvalue weighted by molar-refractivity contribution is 7.13. The maximum Gasteiger partial charge on any atom is 0.287 e. The van der Waals surface area contributed by atoms with Crippen LogP contribution in [-0.2, 0) is 0 Å². The zero-order valence-electron chi connectivity index (χ0n) is 14.1. The molecule has 2 saturated heterocycles. The number of carbonyl (C=O) groups excluding carboxylic acids is 1. The summed E-state index contributed by atoms with van der Waals surface area (Å²) in [5.74, 6) is 0.925. The number of rotatable bonds is 4. The third-order valence-corrected chi connectivity index (χ3v) is 6.09. The molecule has 5 nitrogen and oxygen atoms in total. The number of nitrogens with zero attached hydrogens (tertiary/aromatic N) is 1. The Hall–Kier alpha value is -2.44. The van der Waals surface area contributed by atoms with Crippen molar-refractivity contribution < 1.29 is 9.21 Å². The van der Waals surface area contributed by atoms with Gasteiger partial charge in [-0.2, -0.15) is 0 Å². The van der Waals surface area contributed by atoms with Gasteiger partial charge in [0.1, 0.15) is 10.8 Å². The molecule has 2 N–H and O–H groups in total. The highest BCUT2D eigenvalue weighted by Crippen LogP contribution is 2.30. The minimum Gasteiger partial charge on any atom is -0.451 e. The lowest BCUT2D eigenvalue weighted by atomic mass is 9.95. The van der Waals surface area contributed by atoms with Crippen molar-refractivity contribution in [2.45, 2.75) is 37.4 Å². The van der Waals surface area contributed by atoms with E-state index in [1.165, 1.54) is 6.42 Å². The minimum absolute atomic E-state index is 0.133. The Bertz CT molecular complexity index is 934. The van der Waals surface area contributed by atoms with E-state index >= 15 is 0 Å². The molecule has 2 aliphatic rings. The van der Waals surface area contributed by atoms with E-state index in [1.54, 1.807) is 23.6 Å². The number of nitrogens with one attached hydrogen (secondary N) is 2. The van der Waals surface area contributed by atoms with Crippen molar-refractivity contribution in [3.63, 3.8) is 0 Å². The first-order valence-electron chi connectivity index (χ1n) is 8.93. The molecule has 26 heavy (non-hydrogen) atoms. The molecule has 6 heteroatoms. The number of hydrogen-bond donors (Lipinski definition) is 2. The molecule has 0 radical (unpaired) electrons. The second kappa shape index (κ2) is 6.37. The molecule has 3 aromatic rings. The van der Waals surface area contributed by atoms with Gasteiger partial charge in [-0.1, -0.05) is 18.2 Å². The molecular weight excluding hydrogens is 346 g/mol. The summed E-state index contributed by atoms with van der Waals surface area (Å²) in [6.07, 6.45) is 5.17. The molecule has 4 heterocycles. The van der Waals surface area contributed by atoms with Gasteiger partial charge in [0, 0.05) is 40.8 Å². The molecule has 132 valence electrons. The summed E-state index contributed by atoms with van der Waals surface area (Å²) in [5, 5.41) is 9.59. The van der Waals surface area contributed by atoms with Crippen LogP contribution in [0.2, 0.25) is 0 Å². The van der Waals surface area contributed by atoms with E-state index in [9.17, 15) is 4.79 Å². The average molecular weight is 365 g/mol. The molecule has 2 fully saturated rings. The second-order valence-electron chi connectivity index (χ2n) is 6.95. The van der Waals surface area contributed by atoms with Crippen molar-refractivity contribution in [1.29, 1.82) is 0 Å². The molecule has 1 aromatic carbocycles. The van der Waals surface area contributed by atoms with Gasteiger partial charge in [-0.15, -0.1) is 11.3 Å². The van der Waals surface area contributed by atoms with Crippen LogP contribution in [0, 0.1) is 0 Å². The van der Waals surface area contributed by atoms with E-state index in [4.69, 9.17) is 4.42 Å². The second-order valence-corrected chi connectivity index (χ2v) is 7.84. The van der Waals surface area contributed by atoms with Gasteiger partial charge in [-0.3, -0.25) is 4.79 Å². The van der Waals surface area contributed by atoms with Gasteiger partial charge in [-0.05, 0) is 37.5 Å².